The molecule has 1 aliphatic carbocycles. The molecule has 0 amide bonds. The van der Waals surface area contributed by atoms with E-state index < -0.39 is 0 Å². The highest BCUT2D eigenvalue weighted by Crippen LogP contribution is 2.41. The standard InChI is InChI=1S/C18H29N3.C11H16N2O.C5H10O/c1-5-6-15-13(2)20-16(14-7-8-14)11-17(15)21-10-9-19-18(3,4)12-21;1-4-9-6-10(5-8(2)12)13-7-11(9)14-3;1-3-4-5(2)6/h11,14,19H,5-10,12H2,1-4H3;5-7H,4,12H2,1-3H3;3-4H2,1-2H3/b;8-5-;. The maximum atomic E-state index is 10.0. The van der Waals surface area contributed by atoms with Gasteiger partial charge in [-0.15, -0.1) is 0 Å². The van der Waals surface area contributed by atoms with E-state index in [4.69, 9.17) is 15.5 Å². The van der Waals surface area contributed by atoms with Crippen molar-refractivity contribution in [2.45, 2.75) is 112 Å². The van der Waals surface area contributed by atoms with Gasteiger partial charge in [-0.2, -0.15) is 0 Å². The molecule has 3 heterocycles. The summed E-state index contributed by atoms with van der Waals surface area (Å²) in [4.78, 5) is 21.7. The molecule has 7 nitrogen and oxygen atoms in total. The summed E-state index contributed by atoms with van der Waals surface area (Å²) in [5.74, 6) is 1.85. The molecule has 0 bridgehead atoms. The van der Waals surface area contributed by atoms with Crippen LogP contribution in [0.1, 0.15) is 115 Å². The molecule has 1 saturated heterocycles. The van der Waals surface area contributed by atoms with Crippen molar-refractivity contribution in [1.82, 2.24) is 15.3 Å². The molecule has 2 aromatic heterocycles. The van der Waals surface area contributed by atoms with Gasteiger partial charge in [0.1, 0.15) is 11.5 Å². The Morgan fingerprint density at radius 3 is 2.39 bits per heavy atom. The van der Waals surface area contributed by atoms with Gasteiger partial charge in [-0.1, -0.05) is 27.2 Å². The summed E-state index contributed by atoms with van der Waals surface area (Å²) in [6, 6.07) is 4.40. The van der Waals surface area contributed by atoms with E-state index in [1.165, 1.54) is 41.9 Å². The van der Waals surface area contributed by atoms with Crippen LogP contribution in [0.3, 0.4) is 0 Å². The van der Waals surface area contributed by atoms with Gasteiger partial charge in [0, 0.05) is 60.3 Å². The first-order valence-corrected chi connectivity index (χ1v) is 15.4. The fourth-order valence-electron chi connectivity index (χ4n) is 5.11. The number of ketones is 1. The molecule has 2 aromatic rings. The Labute approximate surface area is 249 Å². The summed E-state index contributed by atoms with van der Waals surface area (Å²) < 4.78 is 5.18. The molecule has 0 unspecified atom stereocenters. The molecule has 1 saturated carbocycles. The number of rotatable bonds is 9. The number of nitrogens with two attached hydrogens (primary N) is 1. The lowest BCUT2D eigenvalue weighted by atomic mass is 9.98. The van der Waals surface area contributed by atoms with E-state index in [1.54, 1.807) is 20.2 Å². The van der Waals surface area contributed by atoms with E-state index in [0.29, 0.717) is 0 Å². The zero-order valence-electron chi connectivity index (χ0n) is 27.2. The number of carbonyl (C=O) groups excluding carboxylic acids is 1. The van der Waals surface area contributed by atoms with Crippen molar-refractivity contribution in [1.29, 1.82) is 0 Å². The Hall–Kier alpha value is -2.93. The summed E-state index contributed by atoms with van der Waals surface area (Å²) >= 11 is 0. The van der Waals surface area contributed by atoms with Gasteiger partial charge < -0.3 is 25.5 Å². The average Bonchev–Trinajstić information content (AvgIpc) is 3.75. The molecule has 2 aliphatic rings. The second kappa shape index (κ2) is 16.5. The maximum absolute atomic E-state index is 10.0. The summed E-state index contributed by atoms with van der Waals surface area (Å²) in [6.45, 7) is 19.9. The number of methoxy groups -OCH3 is 1. The van der Waals surface area contributed by atoms with E-state index in [-0.39, 0.29) is 11.3 Å². The molecule has 7 heteroatoms. The van der Waals surface area contributed by atoms with Crippen LogP contribution in [0.25, 0.3) is 6.08 Å². The Kier molecular flexibility index (Phi) is 13.8. The van der Waals surface area contributed by atoms with Crippen molar-refractivity contribution in [3.8, 4) is 5.75 Å². The Morgan fingerprint density at radius 2 is 1.90 bits per heavy atom. The van der Waals surface area contributed by atoms with E-state index in [2.05, 4.69) is 55.9 Å². The Balaban J connectivity index is 0.000000254. The number of aryl methyl sites for hydroxylation is 2. The molecular weight excluding hydrogens is 510 g/mol. The van der Waals surface area contributed by atoms with E-state index in [1.807, 2.05) is 26.0 Å². The van der Waals surface area contributed by atoms with Crippen LogP contribution in [0.2, 0.25) is 0 Å². The average molecular weight is 566 g/mol. The molecule has 3 N–H and O–H groups in total. The van der Waals surface area contributed by atoms with Crippen LogP contribution in [0.5, 0.6) is 5.75 Å². The highest BCUT2D eigenvalue weighted by molar-refractivity contribution is 5.75. The summed E-state index contributed by atoms with van der Waals surface area (Å²) in [5.41, 5.74) is 14.1. The van der Waals surface area contributed by atoms with E-state index in [0.717, 1.165) is 73.9 Å². The number of aromatic nitrogens is 2. The number of hydrogen-bond donors (Lipinski definition) is 2. The van der Waals surface area contributed by atoms with Crippen molar-refractivity contribution >= 4 is 17.5 Å². The highest BCUT2D eigenvalue weighted by atomic mass is 16.5. The first kappa shape index (κ1) is 34.3. The smallest absolute Gasteiger partial charge is 0.140 e. The lowest BCUT2D eigenvalue weighted by molar-refractivity contribution is -0.117. The molecule has 0 spiro atoms. The Morgan fingerprint density at radius 1 is 1.20 bits per heavy atom. The minimum atomic E-state index is 0.193. The van der Waals surface area contributed by atoms with Crippen LogP contribution in [0.15, 0.2) is 24.0 Å². The van der Waals surface area contributed by atoms with Gasteiger partial charge in [0.2, 0.25) is 0 Å². The third-order valence-electron chi connectivity index (χ3n) is 7.28. The molecule has 4 rings (SSSR count). The van der Waals surface area contributed by atoms with Gasteiger partial charge in [0.05, 0.1) is 19.0 Å². The number of nitrogens with one attached hydrogen (secondary N) is 1. The number of anilines is 1. The third kappa shape index (κ3) is 11.5. The predicted molar refractivity (Wildman–Crippen MR) is 173 cm³/mol. The Bertz CT molecular complexity index is 1150. The maximum Gasteiger partial charge on any atom is 0.140 e. The van der Waals surface area contributed by atoms with Crippen molar-refractivity contribution in [2.24, 2.45) is 5.73 Å². The lowest BCUT2D eigenvalue weighted by Gasteiger charge is -2.41. The monoisotopic (exact) mass is 565 g/mol. The number of piperazine rings is 1. The SMILES string of the molecule is CCCC(C)=O.CCCc1c(N2CCNC(C)(C)C2)cc(C2CC2)nc1C.CCc1cc(/C=C(/C)N)ncc1OC. The molecule has 0 atom stereocenters. The van der Waals surface area contributed by atoms with Crippen LogP contribution in [0.4, 0.5) is 5.69 Å². The zero-order valence-corrected chi connectivity index (χ0v) is 27.2. The second-order valence-corrected chi connectivity index (χ2v) is 12.0. The van der Waals surface area contributed by atoms with Crippen LogP contribution in [-0.2, 0) is 17.6 Å². The van der Waals surface area contributed by atoms with Crippen LogP contribution in [-0.4, -0.2) is 48.0 Å². The topological polar surface area (TPSA) is 93.4 Å². The number of nitrogens with zero attached hydrogens (tertiary/aromatic N) is 3. The molecule has 2 fully saturated rings. The number of hydrogen-bond acceptors (Lipinski definition) is 7. The van der Waals surface area contributed by atoms with Crippen LogP contribution < -0.4 is 20.7 Å². The van der Waals surface area contributed by atoms with E-state index >= 15 is 0 Å². The second-order valence-electron chi connectivity index (χ2n) is 12.0. The molecule has 41 heavy (non-hydrogen) atoms. The van der Waals surface area contributed by atoms with Gasteiger partial charge >= 0.3 is 0 Å². The molecule has 228 valence electrons. The molecular formula is C34H55N5O2. The largest absolute Gasteiger partial charge is 0.495 e. The highest BCUT2D eigenvalue weighted by Gasteiger charge is 2.30. The minimum Gasteiger partial charge on any atom is -0.495 e. The van der Waals surface area contributed by atoms with Crippen molar-refractivity contribution in [2.75, 3.05) is 31.6 Å². The lowest BCUT2D eigenvalue weighted by Crippen LogP contribution is -2.57. The fourth-order valence-corrected chi connectivity index (χ4v) is 5.11. The normalized spacial score (nSPS) is 16.2. The summed E-state index contributed by atoms with van der Waals surface area (Å²) in [6.07, 6.45) is 11.2. The predicted octanol–water partition coefficient (Wildman–Crippen LogP) is 6.76. The molecule has 0 aromatic carbocycles. The summed E-state index contributed by atoms with van der Waals surface area (Å²) in [5, 5.41) is 3.62. The van der Waals surface area contributed by atoms with Crippen molar-refractivity contribution < 1.29 is 9.53 Å². The number of allylic oxidation sites excluding steroid dienone is 1. The third-order valence-corrected chi connectivity index (χ3v) is 7.28. The van der Waals surface area contributed by atoms with Gasteiger partial charge in [0.25, 0.3) is 0 Å². The van der Waals surface area contributed by atoms with Crippen molar-refractivity contribution in [3.63, 3.8) is 0 Å². The molecule has 0 radical (unpaired) electrons. The number of carbonyl (C=O) groups is 1. The zero-order chi connectivity index (χ0) is 30.6. The number of ether oxygens (including phenoxy) is 1. The fraction of sp³-hybridized carbons (Fsp3) is 0.618. The summed E-state index contributed by atoms with van der Waals surface area (Å²) in [7, 11) is 1.65. The number of Topliss-reactive ketones (excluding diaryl/α,β-unsaturated/α-hetero) is 1. The van der Waals surface area contributed by atoms with Gasteiger partial charge in [0.15, 0.2) is 0 Å². The van der Waals surface area contributed by atoms with Crippen LogP contribution >= 0.6 is 0 Å². The van der Waals surface area contributed by atoms with Gasteiger partial charge in [-0.25, -0.2) is 0 Å². The van der Waals surface area contributed by atoms with Crippen LogP contribution in [0, 0.1) is 6.92 Å². The van der Waals surface area contributed by atoms with Gasteiger partial charge in [-0.3, -0.25) is 9.97 Å². The quantitative estimate of drug-likeness (QED) is 0.347. The molecule has 1 aliphatic heterocycles. The number of pyridine rings is 2. The van der Waals surface area contributed by atoms with E-state index in [9.17, 15) is 4.79 Å². The van der Waals surface area contributed by atoms with Crippen molar-refractivity contribution in [3.05, 3.63) is 52.2 Å². The first-order valence-electron chi connectivity index (χ1n) is 15.4. The minimum absolute atomic E-state index is 0.193. The first-order chi connectivity index (χ1) is 19.4. The van der Waals surface area contributed by atoms with Gasteiger partial charge in [-0.05, 0) is 96.1 Å².